The lowest BCUT2D eigenvalue weighted by atomic mass is 10.0. The van der Waals surface area contributed by atoms with E-state index in [9.17, 15) is 5.11 Å². The van der Waals surface area contributed by atoms with E-state index in [1.165, 1.54) is 0 Å². The van der Waals surface area contributed by atoms with E-state index < -0.39 is 6.10 Å². The molecule has 1 aliphatic heterocycles. The number of aliphatic hydroxyl groups excluding tert-OH is 1. The van der Waals surface area contributed by atoms with Crippen LogP contribution in [0, 0.1) is 0 Å². The minimum Gasteiger partial charge on any atom is -0.390 e. The number of methoxy groups -OCH3 is 2. The molecule has 0 aromatic carbocycles. The molecule has 0 amide bonds. The first kappa shape index (κ1) is 9.92. The maximum Gasteiger partial charge on any atom is 0.183 e. The number of aliphatic hydroxyl groups is 1. The summed E-state index contributed by atoms with van der Waals surface area (Å²) in [6.07, 6.45) is -0.590. The van der Waals surface area contributed by atoms with Crippen molar-refractivity contribution in [1.82, 2.24) is 0 Å². The van der Waals surface area contributed by atoms with Gasteiger partial charge in [0.25, 0.3) is 0 Å². The summed E-state index contributed by atoms with van der Waals surface area (Å²) in [5, 5.41) is 9.43. The van der Waals surface area contributed by atoms with E-state index in [1.54, 1.807) is 14.2 Å². The molecule has 0 bridgehead atoms. The predicted molar refractivity (Wildman–Crippen MR) is 42.8 cm³/mol. The molecule has 0 aromatic rings. The first-order valence-corrected chi connectivity index (χ1v) is 4.08. The zero-order valence-electron chi connectivity index (χ0n) is 7.69. The molecule has 1 rings (SSSR count). The summed E-state index contributed by atoms with van der Waals surface area (Å²) in [5.41, 5.74) is 0. The van der Waals surface area contributed by atoms with Crippen molar-refractivity contribution in [2.75, 3.05) is 14.2 Å². The Bertz CT molecular complexity index is 123. The maximum atomic E-state index is 9.43. The summed E-state index contributed by atoms with van der Waals surface area (Å²) in [5.74, 6) is 0. The fraction of sp³-hybridized carbons (Fsp3) is 1.00. The Hall–Kier alpha value is -0.160. The third-order valence-corrected chi connectivity index (χ3v) is 2.20. The summed E-state index contributed by atoms with van der Waals surface area (Å²) in [7, 11) is 3.16. The molecule has 0 radical (unpaired) electrons. The van der Waals surface area contributed by atoms with Crippen molar-refractivity contribution >= 4 is 0 Å². The van der Waals surface area contributed by atoms with Gasteiger partial charge in [-0.15, -0.1) is 0 Å². The Kier molecular flexibility index (Phi) is 3.46. The first-order chi connectivity index (χ1) is 5.69. The summed E-state index contributed by atoms with van der Waals surface area (Å²) >= 11 is 0. The van der Waals surface area contributed by atoms with Gasteiger partial charge in [0.1, 0.15) is 6.10 Å². The SMILES string of the molecule is CO[C@H]1O[C@H](C)[C@H](O)C[C@H]1OC. The molecule has 4 atom stereocenters. The Labute approximate surface area is 72.4 Å². The van der Waals surface area contributed by atoms with Gasteiger partial charge in [0, 0.05) is 20.6 Å². The average molecular weight is 176 g/mol. The quantitative estimate of drug-likeness (QED) is 0.650. The maximum absolute atomic E-state index is 9.43. The molecule has 0 aromatic heterocycles. The van der Waals surface area contributed by atoms with Gasteiger partial charge in [-0.1, -0.05) is 0 Å². The van der Waals surface area contributed by atoms with Crippen LogP contribution in [-0.2, 0) is 14.2 Å². The molecule has 1 aliphatic rings. The third-order valence-electron chi connectivity index (χ3n) is 2.20. The van der Waals surface area contributed by atoms with Crippen molar-refractivity contribution in [3.8, 4) is 0 Å². The second kappa shape index (κ2) is 4.18. The van der Waals surface area contributed by atoms with E-state index in [4.69, 9.17) is 14.2 Å². The fourth-order valence-corrected chi connectivity index (χ4v) is 1.35. The number of hydrogen-bond acceptors (Lipinski definition) is 4. The van der Waals surface area contributed by atoms with E-state index in [2.05, 4.69) is 0 Å². The van der Waals surface area contributed by atoms with Gasteiger partial charge in [-0.05, 0) is 6.92 Å². The molecule has 72 valence electrons. The molecule has 0 spiro atoms. The monoisotopic (exact) mass is 176 g/mol. The molecule has 1 heterocycles. The average Bonchev–Trinajstić information content (AvgIpc) is 2.09. The van der Waals surface area contributed by atoms with Crippen LogP contribution in [0.4, 0.5) is 0 Å². The van der Waals surface area contributed by atoms with E-state index >= 15 is 0 Å². The number of rotatable bonds is 2. The Morgan fingerprint density at radius 2 is 2.00 bits per heavy atom. The van der Waals surface area contributed by atoms with Crippen LogP contribution in [0.1, 0.15) is 13.3 Å². The van der Waals surface area contributed by atoms with Crippen LogP contribution in [-0.4, -0.2) is 43.9 Å². The molecule has 0 unspecified atom stereocenters. The predicted octanol–water partition coefficient (Wildman–Crippen LogP) is 0.144. The van der Waals surface area contributed by atoms with Crippen molar-refractivity contribution in [2.24, 2.45) is 0 Å². The summed E-state index contributed by atoms with van der Waals surface area (Å²) in [4.78, 5) is 0. The molecule has 0 aliphatic carbocycles. The smallest absolute Gasteiger partial charge is 0.183 e. The second-order valence-corrected chi connectivity index (χ2v) is 3.02. The first-order valence-electron chi connectivity index (χ1n) is 4.08. The van der Waals surface area contributed by atoms with Gasteiger partial charge in [-0.3, -0.25) is 0 Å². The Morgan fingerprint density at radius 3 is 2.50 bits per heavy atom. The zero-order valence-corrected chi connectivity index (χ0v) is 7.69. The molecular weight excluding hydrogens is 160 g/mol. The van der Waals surface area contributed by atoms with Gasteiger partial charge < -0.3 is 19.3 Å². The van der Waals surface area contributed by atoms with Crippen LogP contribution in [0.15, 0.2) is 0 Å². The lowest BCUT2D eigenvalue weighted by Gasteiger charge is -2.36. The minimum atomic E-state index is -0.457. The van der Waals surface area contributed by atoms with Gasteiger partial charge in [0.05, 0.1) is 12.2 Å². The molecule has 4 heteroatoms. The van der Waals surface area contributed by atoms with Crippen molar-refractivity contribution in [3.63, 3.8) is 0 Å². The standard InChI is InChI=1S/C8H16O4/c1-5-6(9)4-7(10-2)8(11-3)12-5/h5-9H,4H2,1-3H3/t5-,6-,7-,8+/m1/s1. The van der Waals surface area contributed by atoms with Crippen molar-refractivity contribution < 1.29 is 19.3 Å². The van der Waals surface area contributed by atoms with E-state index in [0.29, 0.717) is 6.42 Å². The van der Waals surface area contributed by atoms with Gasteiger partial charge >= 0.3 is 0 Å². The zero-order chi connectivity index (χ0) is 9.14. The fourth-order valence-electron chi connectivity index (χ4n) is 1.35. The van der Waals surface area contributed by atoms with Crippen LogP contribution < -0.4 is 0 Å². The molecule has 12 heavy (non-hydrogen) atoms. The van der Waals surface area contributed by atoms with Crippen LogP contribution in [0.3, 0.4) is 0 Å². The minimum absolute atomic E-state index is 0.166. The topological polar surface area (TPSA) is 47.9 Å². The van der Waals surface area contributed by atoms with Gasteiger partial charge in [0.2, 0.25) is 0 Å². The Balaban J connectivity index is 2.52. The van der Waals surface area contributed by atoms with Crippen LogP contribution in [0.5, 0.6) is 0 Å². The highest BCUT2D eigenvalue weighted by Crippen LogP contribution is 2.22. The molecule has 1 fully saturated rings. The van der Waals surface area contributed by atoms with Gasteiger partial charge in [-0.2, -0.15) is 0 Å². The van der Waals surface area contributed by atoms with Crippen molar-refractivity contribution in [1.29, 1.82) is 0 Å². The van der Waals surface area contributed by atoms with Gasteiger partial charge in [-0.25, -0.2) is 0 Å². The van der Waals surface area contributed by atoms with Crippen LogP contribution in [0.25, 0.3) is 0 Å². The molecule has 1 saturated heterocycles. The Morgan fingerprint density at radius 1 is 1.33 bits per heavy atom. The highest BCUT2D eigenvalue weighted by Gasteiger charge is 2.34. The van der Waals surface area contributed by atoms with E-state index in [1.807, 2.05) is 6.92 Å². The van der Waals surface area contributed by atoms with Crippen molar-refractivity contribution in [2.45, 2.75) is 37.9 Å². The normalized spacial score (nSPS) is 43.0. The highest BCUT2D eigenvalue weighted by molar-refractivity contribution is 4.78. The third kappa shape index (κ3) is 1.95. The number of ether oxygens (including phenoxy) is 3. The summed E-state index contributed by atoms with van der Waals surface area (Å²) in [6, 6.07) is 0. The molecule has 4 nitrogen and oxygen atoms in total. The summed E-state index contributed by atoms with van der Waals surface area (Å²) < 4.78 is 15.5. The van der Waals surface area contributed by atoms with Crippen molar-refractivity contribution in [3.05, 3.63) is 0 Å². The molecule has 0 saturated carbocycles. The second-order valence-electron chi connectivity index (χ2n) is 3.02. The molecular formula is C8H16O4. The van der Waals surface area contributed by atoms with Crippen LogP contribution in [0.2, 0.25) is 0 Å². The summed E-state index contributed by atoms with van der Waals surface area (Å²) in [6.45, 7) is 1.82. The van der Waals surface area contributed by atoms with Crippen LogP contribution >= 0.6 is 0 Å². The van der Waals surface area contributed by atoms with E-state index in [0.717, 1.165) is 0 Å². The van der Waals surface area contributed by atoms with Gasteiger partial charge in [0.15, 0.2) is 6.29 Å². The largest absolute Gasteiger partial charge is 0.390 e. The van der Waals surface area contributed by atoms with E-state index in [-0.39, 0.29) is 18.5 Å². The number of hydrogen-bond donors (Lipinski definition) is 1. The highest BCUT2D eigenvalue weighted by atomic mass is 16.7. The lowest BCUT2D eigenvalue weighted by molar-refractivity contribution is -0.257. The molecule has 1 N–H and O–H groups in total. The lowest BCUT2D eigenvalue weighted by Crippen LogP contribution is -2.47.